The highest BCUT2D eigenvalue weighted by atomic mass is 79.9. The number of halogens is 7. The highest BCUT2D eigenvalue weighted by Gasteiger charge is 2.36. The van der Waals surface area contributed by atoms with Gasteiger partial charge in [-0.05, 0) is 0 Å². The van der Waals surface area contributed by atoms with Crippen LogP contribution in [0.2, 0.25) is 0 Å². The molecule has 0 amide bonds. The van der Waals surface area contributed by atoms with E-state index in [0.717, 1.165) is 0 Å². The summed E-state index contributed by atoms with van der Waals surface area (Å²) in [6.07, 6.45) is -9.21. The first-order chi connectivity index (χ1) is 6.14. The zero-order chi connectivity index (χ0) is 11.4. The maximum Gasteiger partial charge on any atom is 0.401 e. The Bertz CT molecular complexity index is 149. The third kappa shape index (κ3) is 8.61. The van der Waals surface area contributed by atoms with Crippen molar-refractivity contribution < 1.29 is 26.3 Å². The first-order valence-corrected chi connectivity index (χ1v) is 4.68. The van der Waals surface area contributed by atoms with E-state index in [4.69, 9.17) is 0 Å². The molecule has 0 bridgehead atoms. The van der Waals surface area contributed by atoms with Crippen molar-refractivity contribution in [3.8, 4) is 0 Å². The summed E-state index contributed by atoms with van der Waals surface area (Å²) in [4.78, 5) is 0.300. The minimum Gasteiger partial charge on any atom is -0.286 e. The fourth-order valence-electron chi connectivity index (χ4n) is 0.841. The Labute approximate surface area is 85.2 Å². The average Bonchev–Trinajstić information content (AvgIpc) is 1.78. The van der Waals surface area contributed by atoms with E-state index in [9.17, 15) is 26.3 Å². The molecule has 0 saturated carbocycles. The van der Waals surface area contributed by atoms with Crippen molar-refractivity contribution in [3.63, 3.8) is 0 Å². The van der Waals surface area contributed by atoms with Gasteiger partial charge in [0.15, 0.2) is 0 Å². The van der Waals surface area contributed by atoms with E-state index in [1.54, 1.807) is 0 Å². The van der Waals surface area contributed by atoms with Gasteiger partial charge in [0.2, 0.25) is 0 Å². The Morgan fingerprint density at radius 3 is 1.43 bits per heavy atom. The van der Waals surface area contributed by atoms with Crippen molar-refractivity contribution in [2.75, 3.05) is 25.0 Å². The van der Waals surface area contributed by atoms with E-state index in [1.807, 2.05) is 0 Å². The fraction of sp³-hybridized carbons (Fsp3) is 1.00. The maximum absolute atomic E-state index is 11.8. The van der Waals surface area contributed by atoms with Crippen molar-refractivity contribution >= 4 is 15.9 Å². The van der Waals surface area contributed by atoms with Gasteiger partial charge in [-0.1, -0.05) is 15.9 Å². The summed E-state index contributed by atoms with van der Waals surface area (Å²) in [6, 6.07) is 0. The summed E-state index contributed by atoms with van der Waals surface area (Å²) in [7, 11) is 0. The van der Waals surface area contributed by atoms with Crippen LogP contribution in [0.25, 0.3) is 0 Å². The molecule has 0 aliphatic heterocycles. The maximum atomic E-state index is 11.8. The lowest BCUT2D eigenvalue weighted by Crippen LogP contribution is -2.41. The molecule has 0 saturated heterocycles. The standard InChI is InChI=1S/C6H8BrF6N/c7-1-2-14(3-5(8,9)10)4-6(11,12)13/h1-4H2. The molecule has 1 nitrogen and oxygen atoms in total. The fourth-order valence-corrected chi connectivity index (χ4v) is 1.34. The SMILES string of the molecule is FC(F)(F)CN(CCBr)CC(F)(F)F. The van der Waals surface area contributed by atoms with Crippen LogP contribution in [-0.2, 0) is 0 Å². The van der Waals surface area contributed by atoms with Gasteiger partial charge in [-0.25, -0.2) is 0 Å². The number of hydrogen-bond donors (Lipinski definition) is 0. The van der Waals surface area contributed by atoms with Crippen LogP contribution in [0.15, 0.2) is 0 Å². The topological polar surface area (TPSA) is 3.24 Å². The number of alkyl halides is 7. The monoisotopic (exact) mass is 287 g/mol. The first kappa shape index (κ1) is 14.0. The van der Waals surface area contributed by atoms with Crippen LogP contribution in [0.3, 0.4) is 0 Å². The van der Waals surface area contributed by atoms with Gasteiger partial charge >= 0.3 is 12.4 Å². The molecule has 0 aromatic carbocycles. The van der Waals surface area contributed by atoms with Crippen molar-refractivity contribution in [2.45, 2.75) is 12.4 Å². The summed E-state index contributed by atoms with van der Waals surface area (Å²) in [5.41, 5.74) is 0. The Hall–Kier alpha value is 0.0200. The van der Waals surface area contributed by atoms with E-state index in [1.165, 1.54) is 0 Å². The van der Waals surface area contributed by atoms with Gasteiger partial charge in [-0.15, -0.1) is 0 Å². The molecular formula is C6H8BrF6N. The normalized spacial score (nSPS) is 13.7. The second kappa shape index (κ2) is 5.20. The lowest BCUT2D eigenvalue weighted by Gasteiger charge is -2.23. The molecule has 0 aromatic heterocycles. The van der Waals surface area contributed by atoms with Crippen LogP contribution in [0, 0.1) is 0 Å². The van der Waals surface area contributed by atoms with Gasteiger partial charge in [0.25, 0.3) is 0 Å². The van der Waals surface area contributed by atoms with Gasteiger partial charge in [-0.3, -0.25) is 4.90 Å². The largest absolute Gasteiger partial charge is 0.401 e. The van der Waals surface area contributed by atoms with Crippen molar-refractivity contribution in [1.82, 2.24) is 4.90 Å². The molecular weight excluding hydrogens is 280 g/mol. The molecule has 0 fully saturated rings. The quantitative estimate of drug-likeness (QED) is 0.568. The van der Waals surface area contributed by atoms with Crippen LogP contribution in [0.1, 0.15) is 0 Å². The molecule has 0 aliphatic rings. The number of hydrogen-bond acceptors (Lipinski definition) is 1. The third-order valence-corrected chi connectivity index (χ3v) is 1.56. The Kier molecular flexibility index (Phi) is 5.21. The molecule has 0 spiro atoms. The summed E-state index contributed by atoms with van der Waals surface area (Å²) in [5, 5.41) is 0.0686. The van der Waals surface area contributed by atoms with Crippen molar-refractivity contribution in [2.24, 2.45) is 0 Å². The Balaban J connectivity index is 4.16. The molecule has 0 heterocycles. The van der Waals surface area contributed by atoms with Crippen LogP contribution in [-0.4, -0.2) is 42.2 Å². The third-order valence-electron chi connectivity index (χ3n) is 1.21. The number of nitrogens with zero attached hydrogens (tertiary/aromatic N) is 1. The lowest BCUT2D eigenvalue weighted by atomic mass is 10.4. The minimum atomic E-state index is -4.60. The highest BCUT2D eigenvalue weighted by molar-refractivity contribution is 9.09. The predicted octanol–water partition coefficient (Wildman–Crippen LogP) is 2.81. The Morgan fingerprint density at radius 1 is 0.857 bits per heavy atom. The summed E-state index contributed by atoms with van der Waals surface area (Å²) >= 11 is 2.79. The van der Waals surface area contributed by atoms with Gasteiger partial charge in [-0.2, -0.15) is 26.3 Å². The first-order valence-electron chi connectivity index (χ1n) is 3.56. The molecule has 86 valence electrons. The van der Waals surface area contributed by atoms with Crippen LogP contribution < -0.4 is 0 Å². The minimum absolute atomic E-state index is 0.0686. The second-order valence-electron chi connectivity index (χ2n) is 2.63. The molecule has 0 rings (SSSR count). The highest BCUT2D eigenvalue weighted by Crippen LogP contribution is 2.21. The molecule has 8 heteroatoms. The smallest absolute Gasteiger partial charge is 0.286 e. The van der Waals surface area contributed by atoms with Gasteiger partial charge in [0.1, 0.15) is 0 Å². The molecule has 0 aliphatic carbocycles. The van der Waals surface area contributed by atoms with Crippen molar-refractivity contribution in [3.05, 3.63) is 0 Å². The molecule has 0 unspecified atom stereocenters. The van der Waals surface area contributed by atoms with E-state index < -0.39 is 25.4 Å². The van der Waals surface area contributed by atoms with Gasteiger partial charge < -0.3 is 0 Å². The molecule has 0 atom stereocenters. The lowest BCUT2D eigenvalue weighted by molar-refractivity contribution is -0.179. The van der Waals surface area contributed by atoms with E-state index >= 15 is 0 Å². The Morgan fingerprint density at radius 2 is 1.21 bits per heavy atom. The molecule has 0 radical (unpaired) electrons. The summed E-state index contributed by atoms with van der Waals surface area (Å²) in [5.74, 6) is 0. The summed E-state index contributed by atoms with van der Waals surface area (Å²) in [6.45, 7) is -3.38. The van der Waals surface area contributed by atoms with Crippen LogP contribution in [0.5, 0.6) is 0 Å². The molecule has 0 aromatic rings. The zero-order valence-electron chi connectivity index (χ0n) is 6.92. The van der Waals surface area contributed by atoms with Gasteiger partial charge in [0.05, 0.1) is 13.1 Å². The van der Waals surface area contributed by atoms with E-state index in [2.05, 4.69) is 15.9 Å². The van der Waals surface area contributed by atoms with Gasteiger partial charge in [0, 0.05) is 11.9 Å². The van der Waals surface area contributed by atoms with Crippen LogP contribution >= 0.6 is 15.9 Å². The van der Waals surface area contributed by atoms with E-state index in [0.29, 0.717) is 4.90 Å². The molecule has 14 heavy (non-hydrogen) atoms. The van der Waals surface area contributed by atoms with Crippen molar-refractivity contribution in [1.29, 1.82) is 0 Å². The predicted molar refractivity (Wildman–Crippen MR) is 42.3 cm³/mol. The summed E-state index contributed by atoms with van der Waals surface area (Å²) < 4.78 is 70.7. The number of rotatable bonds is 4. The zero-order valence-corrected chi connectivity index (χ0v) is 8.51. The average molecular weight is 288 g/mol. The molecule has 0 N–H and O–H groups in total. The van der Waals surface area contributed by atoms with E-state index in [-0.39, 0.29) is 11.9 Å². The second-order valence-corrected chi connectivity index (χ2v) is 3.42. The van der Waals surface area contributed by atoms with Crippen LogP contribution in [0.4, 0.5) is 26.3 Å².